The molecule has 0 saturated carbocycles. The number of hydrogen-bond donors (Lipinski definition) is 1. The summed E-state index contributed by atoms with van der Waals surface area (Å²) in [6.07, 6.45) is 1.70. The predicted octanol–water partition coefficient (Wildman–Crippen LogP) is 4.70. The Labute approximate surface area is 133 Å². The number of anilines is 1. The number of benzene rings is 1. The third-order valence-electron chi connectivity index (χ3n) is 3.27. The van der Waals surface area contributed by atoms with Crippen molar-refractivity contribution in [2.45, 2.75) is 33.1 Å². The molecule has 2 rings (SSSR count). The number of hydrogen-bond acceptors (Lipinski definition) is 2. The fourth-order valence-corrected chi connectivity index (χ4v) is 2.34. The summed E-state index contributed by atoms with van der Waals surface area (Å²) in [5, 5.41) is 2.87. The Morgan fingerprint density at radius 2 is 1.90 bits per heavy atom. The first kappa shape index (κ1) is 15.7. The molecule has 0 aliphatic rings. The standard InChI is InChI=1S/C17H19BrN2O/c1-11-9-15(19-10-14(11)18)20-16(21)12-7-5-6-8-13(12)17(2,3)4/h5-10H,1-4H3,(H,19,20,21). The van der Waals surface area contributed by atoms with Gasteiger partial charge >= 0.3 is 0 Å². The van der Waals surface area contributed by atoms with Crippen LogP contribution in [0.15, 0.2) is 41.0 Å². The minimum absolute atomic E-state index is 0.0863. The molecule has 0 bridgehead atoms. The van der Waals surface area contributed by atoms with Gasteiger partial charge in [-0.25, -0.2) is 4.98 Å². The lowest BCUT2D eigenvalue weighted by Gasteiger charge is -2.22. The third-order valence-corrected chi connectivity index (χ3v) is 4.10. The van der Waals surface area contributed by atoms with Gasteiger partial charge in [-0.15, -0.1) is 0 Å². The summed E-state index contributed by atoms with van der Waals surface area (Å²) < 4.78 is 0.926. The molecule has 0 radical (unpaired) electrons. The molecule has 1 heterocycles. The van der Waals surface area contributed by atoms with Gasteiger partial charge < -0.3 is 5.32 Å². The van der Waals surface area contributed by atoms with E-state index in [2.05, 4.69) is 47.0 Å². The van der Waals surface area contributed by atoms with Crippen molar-refractivity contribution in [3.05, 3.63) is 57.7 Å². The van der Waals surface area contributed by atoms with Crippen molar-refractivity contribution in [1.82, 2.24) is 4.98 Å². The molecule has 1 amide bonds. The summed E-state index contributed by atoms with van der Waals surface area (Å²) in [5.41, 5.74) is 2.66. The number of aromatic nitrogens is 1. The third kappa shape index (κ3) is 3.70. The molecule has 0 saturated heterocycles. The monoisotopic (exact) mass is 346 g/mol. The molecular formula is C17H19BrN2O. The summed E-state index contributed by atoms with van der Waals surface area (Å²) >= 11 is 3.40. The predicted molar refractivity (Wildman–Crippen MR) is 89.8 cm³/mol. The lowest BCUT2D eigenvalue weighted by atomic mass is 9.83. The van der Waals surface area contributed by atoms with Crippen molar-refractivity contribution in [3.8, 4) is 0 Å². The van der Waals surface area contributed by atoms with Gasteiger partial charge in [-0.1, -0.05) is 39.0 Å². The van der Waals surface area contributed by atoms with E-state index in [1.54, 1.807) is 6.20 Å². The highest BCUT2D eigenvalue weighted by Crippen LogP contribution is 2.26. The number of aryl methyl sites for hydroxylation is 1. The average molecular weight is 347 g/mol. The molecule has 0 aliphatic carbocycles. The van der Waals surface area contributed by atoms with Gasteiger partial charge in [0.2, 0.25) is 0 Å². The van der Waals surface area contributed by atoms with Crippen LogP contribution in [0.5, 0.6) is 0 Å². The zero-order chi connectivity index (χ0) is 15.6. The molecule has 1 aromatic carbocycles. The van der Waals surface area contributed by atoms with Gasteiger partial charge in [0, 0.05) is 16.2 Å². The Hall–Kier alpha value is -1.68. The lowest BCUT2D eigenvalue weighted by molar-refractivity contribution is 0.102. The molecule has 0 aliphatic heterocycles. The fourth-order valence-electron chi connectivity index (χ4n) is 2.13. The number of carbonyl (C=O) groups excluding carboxylic acids is 1. The van der Waals surface area contributed by atoms with Crippen LogP contribution in [-0.4, -0.2) is 10.9 Å². The molecule has 110 valence electrons. The zero-order valence-electron chi connectivity index (χ0n) is 12.7. The highest BCUT2D eigenvalue weighted by molar-refractivity contribution is 9.10. The van der Waals surface area contributed by atoms with Crippen LogP contribution >= 0.6 is 15.9 Å². The molecule has 1 aromatic heterocycles. The molecular weight excluding hydrogens is 328 g/mol. The van der Waals surface area contributed by atoms with E-state index in [1.807, 2.05) is 37.3 Å². The Morgan fingerprint density at radius 1 is 1.24 bits per heavy atom. The number of rotatable bonds is 2. The topological polar surface area (TPSA) is 42.0 Å². The Balaban J connectivity index is 2.31. The van der Waals surface area contributed by atoms with Gasteiger partial charge in [0.15, 0.2) is 0 Å². The van der Waals surface area contributed by atoms with Crippen molar-refractivity contribution in [2.75, 3.05) is 5.32 Å². The normalized spacial score (nSPS) is 11.3. The van der Waals surface area contributed by atoms with E-state index in [0.29, 0.717) is 11.4 Å². The Morgan fingerprint density at radius 3 is 2.52 bits per heavy atom. The highest BCUT2D eigenvalue weighted by atomic mass is 79.9. The van der Waals surface area contributed by atoms with Crippen LogP contribution in [0.3, 0.4) is 0 Å². The first-order chi connectivity index (χ1) is 9.79. The smallest absolute Gasteiger partial charge is 0.257 e. The van der Waals surface area contributed by atoms with Gasteiger partial charge in [-0.3, -0.25) is 4.79 Å². The van der Waals surface area contributed by atoms with Crippen molar-refractivity contribution >= 4 is 27.7 Å². The minimum Gasteiger partial charge on any atom is -0.307 e. The van der Waals surface area contributed by atoms with E-state index < -0.39 is 0 Å². The van der Waals surface area contributed by atoms with Crippen LogP contribution in [-0.2, 0) is 5.41 Å². The van der Waals surface area contributed by atoms with E-state index in [4.69, 9.17) is 0 Å². The average Bonchev–Trinajstić information content (AvgIpc) is 2.42. The Bertz CT molecular complexity index is 675. The first-order valence-electron chi connectivity index (χ1n) is 6.82. The summed E-state index contributed by atoms with van der Waals surface area (Å²) in [6.45, 7) is 8.26. The van der Waals surface area contributed by atoms with Gasteiger partial charge in [-0.2, -0.15) is 0 Å². The van der Waals surface area contributed by atoms with E-state index in [0.717, 1.165) is 15.6 Å². The summed E-state index contributed by atoms with van der Waals surface area (Å²) in [5.74, 6) is 0.430. The van der Waals surface area contributed by atoms with E-state index in [1.165, 1.54) is 0 Å². The summed E-state index contributed by atoms with van der Waals surface area (Å²) in [7, 11) is 0. The van der Waals surface area contributed by atoms with Crippen LogP contribution in [0.2, 0.25) is 0 Å². The van der Waals surface area contributed by atoms with E-state index in [-0.39, 0.29) is 11.3 Å². The van der Waals surface area contributed by atoms with Crippen molar-refractivity contribution in [1.29, 1.82) is 0 Å². The maximum atomic E-state index is 12.5. The largest absolute Gasteiger partial charge is 0.307 e. The van der Waals surface area contributed by atoms with Crippen molar-refractivity contribution in [2.24, 2.45) is 0 Å². The maximum Gasteiger partial charge on any atom is 0.257 e. The maximum absolute atomic E-state index is 12.5. The van der Waals surface area contributed by atoms with Crippen LogP contribution in [0.4, 0.5) is 5.82 Å². The van der Waals surface area contributed by atoms with E-state index >= 15 is 0 Å². The molecule has 4 heteroatoms. The molecule has 0 atom stereocenters. The second-order valence-electron chi connectivity index (χ2n) is 6.07. The van der Waals surface area contributed by atoms with Crippen LogP contribution in [0, 0.1) is 6.92 Å². The van der Waals surface area contributed by atoms with Gasteiger partial charge in [-0.05, 0) is 51.5 Å². The summed E-state index contributed by atoms with van der Waals surface area (Å²) in [4.78, 5) is 16.7. The first-order valence-corrected chi connectivity index (χ1v) is 7.61. The summed E-state index contributed by atoms with van der Waals surface area (Å²) in [6, 6.07) is 9.53. The van der Waals surface area contributed by atoms with Crippen LogP contribution < -0.4 is 5.32 Å². The number of nitrogens with one attached hydrogen (secondary N) is 1. The van der Waals surface area contributed by atoms with Crippen molar-refractivity contribution < 1.29 is 4.79 Å². The zero-order valence-corrected chi connectivity index (χ0v) is 14.3. The van der Waals surface area contributed by atoms with E-state index in [9.17, 15) is 4.79 Å². The second-order valence-corrected chi connectivity index (χ2v) is 6.92. The molecule has 0 spiro atoms. The molecule has 2 aromatic rings. The van der Waals surface area contributed by atoms with Gasteiger partial charge in [0.25, 0.3) is 5.91 Å². The molecule has 3 nitrogen and oxygen atoms in total. The van der Waals surface area contributed by atoms with Crippen molar-refractivity contribution in [3.63, 3.8) is 0 Å². The quantitative estimate of drug-likeness (QED) is 0.855. The van der Waals surface area contributed by atoms with Crippen LogP contribution in [0.25, 0.3) is 0 Å². The number of amides is 1. The molecule has 21 heavy (non-hydrogen) atoms. The number of halogens is 1. The van der Waals surface area contributed by atoms with Gasteiger partial charge in [0.1, 0.15) is 5.82 Å². The lowest BCUT2D eigenvalue weighted by Crippen LogP contribution is -2.21. The molecule has 0 fully saturated rings. The Kier molecular flexibility index (Phi) is 4.47. The second kappa shape index (κ2) is 5.98. The highest BCUT2D eigenvalue weighted by Gasteiger charge is 2.21. The number of pyridine rings is 1. The number of nitrogens with zero attached hydrogens (tertiary/aromatic N) is 1. The molecule has 0 unspecified atom stereocenters. The van der Waals surface area contributed by atoms with Crippen LogP contribution in [0.1, 0.15) is 42.3 Å². The molecule has 1 N–H and O–H groups in total. The fraction of sp³-hybridized carbons (Fsp3) is 0.294. The number of carbonyl (C=O) groups is 1. The van der Waals surface area contributed by atoms with Gasteiger partial charge in [0.05, 0.1) is 0 Å². The SMILES string of the molecule is Cc1cc(NC(=O)c2ccccc2C(C)(C)C)ncc1Br. The minimum atomic E-state index is -0.130.